The van der Waals surface area contributed by atoms with E-state index in [9.17, 15) is 9.18 Å². The summed E-state index contributed by atoms with van der Waals surface area (Å²) in [7, 11) is 2.02. The largest absolute Gasteiger partial charge is 0.493 e. The van der Waals surface area contributed by atoms with Crippen LogP contribution in [0, 0.1) is 12.7 Å². The molecule has 5 nitrogen and oxygen atoms in total. The summed E-state index contributed by atoms with van der Waals surface area (Å²) in [6.07, 6.45) is 2.69. The van der Waals surface area contributed by atoms with Gasteiger partial charge in [-0.15, -0.1) is 0 Å². The Morgan fingerprint density at radius 2 is 1.72 bits per heavy atom. The van der Waals surface area contributed by atoms with E-state index in [0.29, 0.717) is 6.61 Å². The smallest absolute Gasteiger partial charge is 0.303 e. The maximum Gasteiger partial charge on any atom is 0.303 e. The molecule has 0 saturated heterocycles. The molecule has 0 amide bonds. The Hall–Kier alpha value is -3.93. The van der Waals surface area contributed by atoms with Gasteiger partial charge in [-0.2, -0.15) is 0 Å². The minimum Gasteiger partial charge on any atom is -0.493 e. The van der Waals surface area contributed by atoms with Crippen LogP contribution >= 0.6 is 0 Å². The van der Waals surface area contributed by atoms with Crippen LogP contribution in [0.3, 0.4) is 0 Å². The third kappa shape index (κ3) is 4.89. The zero-order valence-corrected chi connectivity index (χ0v) is 20.5. The molecule has 1 aliphatic carbocycles. The molecule has 0 unspecified atom stereocenters. The zero-order chi connectivity index (χ0) is 25.2. The van der Waals surface area contributed by atoms with Crippen LogP contribution in [0.5, 0.6) is 5.75 Å². The summed E-state index contributed by atoms with van der Waals surface area (Å²) in [5.74, 6) is 0.835. The number of nitrogens with zero attached hydrogens (tertiary/aromatic N) is 2. The van der Waals surface area contributed by atoms with Crippen molar-refractivity contribution in [1.29, 1.82) is 0 Å². The second kappa shape index (κ2) is 9.97. The summed E-state index contributed by atoms with van der Waals surface area (Å²) >= 11 is 0. The molecule has 1 aliphatic rings. The van der Waals surface area contributed by atoms with E-state index in [-0.39, 0.29) is 18.2 Å². The van der Waals surface area contributed by atoms with Crippen LogP contribution in [0.2, 0.25) is 0 Å². The molecule has 0 bridgehead atoms. The molecule has 5 rings (SSSR count). The standard InChI is InChI=1S/C30H29FN2O3/c1-19-28(15-16-36-26-13-14-27-23(17-26)7-8-24(27)18-29(34)35)33(2)30(32-19)22-5-3-20(4-6-22)21-9-11-25(31)12-10-21/h3-6,9-14,17,24H,7-8,15-16,18H2,1-2H3,(H,34,35)/t24-/m0/s1. The Morgan fingerprint density at radius 3 is 2.42 bits per heavy atom. The number of imidazole rings is 1. The monoisotopic (exact) mass is 484 g/mol. The lowest BCUT2D eigenvalue weighted by Gasteiger charge is -2.12. The molecule has 0 spiro atoms. The zero-order valence-electron chi connectivity index (χ0n) is 20.5. The van der Waals surface area contributed by atoms with Gasteiger partial charge in [0, 0.05) is 24.7 Å². The van der Waals surface area contributed by atoms with E-state index in [1.165, 1.54) is 17.7 Å². The van der Waals surface area contributed by atoms with Crippen molar-refractivity contribution in [2.45, 2.75) is 38.5 Å². The average Bonchev–Trinajstić information content (AvgIpc) is 3.39. The van der Waals surface area contributed by atoms with Gasteiger partial charge in [-0.25, -0.2) is 9.37 Å². The van der Waals surface area contributed by atoms with Gasteiger partial charge in [-0.1, -0.05) is 42.5 Å². The number of ether oxygens (including phenoxy) is 1. The Morgan fingerprint density at radius 1 is 1.06 bits per heavy atom. The maximum absolute atomic E-state index is 13.2. The van der Waals surface area contributed by atoms with E-state index >= 15 is 0 Å². The van der Waals surface area contributed by atoms with Crippen LogP contribution in [0.15, 0.2) is 66.7 Å². The Labute approximate surface area is 210 Å². The second-order valence-electron chi connectivity index (χ2n) is 9.40. The van der Waals surface area contributed by atoms with Crippen molar-refractivity contribution >= 4 is 5.97 Å². The Kier molecular flexibility index (Phi) is 6.59. The third-order valence-electron chi connectivity index (χ3n) is 7.08. The van der Waals surface area contributed by atoms with Gasteiger partial charge in [-0.05, 0) is 72.2 Å². The summed E-state index contributed by atoms with van der Waals surface area (Å²) in [6, 6.07) is 20.7. The van der Waals surface area contributed by atoms with Crippen molar-refractivity contribution in [3.05, 3.63) is 95.1 Å². The fraction of sp³-hybridized carbons (Fsp3) is 0.267. The highest BCUT2D eigenvalue weighted by atomic mass is 19.1. The van der Waals surface area contributed by atoms with E-state index in [0.717, 1.165) is 64.5 Å². The number of carbonyl (C=O) groups is 1. The van der Waals surface area contributed by atoms with Gasteiger partial charge in [-0.3, -0.25) is 4.79 Å². The summed E-state index contributed by atoms with van der Waals surface area (Å²) in [5.41, 5.74) is 7.46. The summed E-state index contributed by atoms with van der Waals surface area (Å²) in [6.45, 7) is 2.55. The molecule has 1 aromatic heterocycles. The topological polar surface area (TPSA) is 64.4 Å². The average molecular weight is 485 g/mol. The number of aryl methyl sites for hydroxylation is 2. The minimum atomic E-state index is -0.747. The van der Waals surface area contributed by atoms with Crippen LogP contribution in [0.4, 0.5) is 4.39 Å². The molecule has 0 saturated carbocycles. The van der Waals surface area contributed by atoms with Crippen LogP contribution in [0.1, 0.15) is 41.3 Å². The number of hydrogen-bond acceptors (Lipinski definition) is 3. The molecule has 184 valence electrons. The lowest BCUT2D eigenvalue weighted by molar-refractivity contribution is -0.137. The van der Waals surface area contributed by atoms with Crippen molar-refractivity contribution in [3.63, 3.8) is 0 Å². The molecule has 1 N–H and O–H groups in total. The molecule has 0 radical (unpaired) electrons. The lowest BCUT2D eigenvalue weighted by Crippen LogP contribution is -2.07. The molecule has 6 heteroatoms. The number of fused-ring (bicyclic) bond motifs is 1. The SMILES string of the molecule is Cc1nc(-c2ccc(-c3ccc(F)cc3)cc2)n(C)c1CCOc1ccc2c(c1)CC[C@H]2CC(=O)O. The van der Waals surface area contributed by atoms with E-state index in [1.54, 1.807) is 12.1 Å². The first-order valence-electron chi connectivity index (χ1n) is 12.2. The number of aromatic nitrogens is 2. The van der Waals surface area contributed by atoms with Crippen LogP contribution in [0.25, 0.3) is 22.5 Å². The van der Waals surface area contributed by atoms with Gasteiger partial charge in [0.05, 0.1) is 18.7 Å². The van der Waals surface area contributed by atoms with E-state index in [2.05, 4.69) is 10.6 Å². The fourth-order valence-corrected chi connectivity index (χ4v) is 5.19. The number of rotatable bonds is 8. The molecule has 36 heavy (non-hydrogen) atoms. The quantitative estimate of drug-likeness (QED) is 0.318. The van der Waals surface area contributed by atoms with Crippen molar-refractivity contribution < 1.29 is 19.0 Å². The number of hydrogen-bond donors (Lipinski definition) is 1. The second-order valence-corrected chi connectivity index (χ2v) is 9.40. The Balaban J connectivity index is 1.24. The van der Waals surface area contributed by atoms with Gasteiger partial charge >= 0.3 is 5.97 Å². The molecule has 0 aliphatic heterocycles. The van der Waals surface area contributed by atoms with Gasteiger partial charge in [0.15, 0.2) is 0 Å². The first kappa shape index (κ1) is 23.8. The molecule has 1 atom stereocenters. The number of benzene rings is 3. The van der Waals surface area contributed by atoms with Gasteiger partial charge < -0.3 is 14.4 Å². The Bertz CT molecular complexity index is 1390. The van der Waals surface area contributed by atoms with Crippen molar-refractivity contribution in [2.75, 3.05) is 6.61 Å². The number of aliphatic carboxylic acids is 1. The van der Waals surface area contributed by atoms with Gasteiger partial charge in [0.25, 0.3) is 0 Å². The first-order valence-corrected chi connectivity index (χ1v) is 12.2. The summed E-state index contributed by atoms with van der Waals surface area (Å²) in [4.78, 5) is 15.9. The molecule has 0 fully saturated rings. The molecular formula is C30H29FN2O3. The first-order chi connectivity index (χ1) is 17.4. The number of halogens is 1. The van der Waals surface area contributed by atoms with Crippen LogP contribution < -0.4 is 4.74 Å². The number of carboxylic acid groups (broad SMARTS) is 1. The highest BCUT2D eigenvalue weighted by Crippen LogP contribution is 2.37. The van der Waals surface area contributed by atoms with E-state index < -0.39 is 5.97 Å². The highest BCUT2D eigenvalue weighted by Gasteiger charge is 2.25. The van der Waals surface area contributed by atoms with Crippen LogP contribution in [-0.2, 0) is 24.7 Å². The van der Waals surface area contributed by atoms with E-state index in [4.69, 9.17) is 14.8 Å². The van der Waals surface area contributed by atoms with E-state index in [1.807, 2.05) is 50.4 Å². The van der Waals surface area contributed by atoms with Gasteiger partial charge in [0.1, 0.15) is 17.4 Å². The highest BCUT2D eigenvalue weighted by molar-refractivity contribution is 5.69. The molecule has 1 heterocycles. The summed E-state index contributed by atoms with van der Waals surface area (Å²) in [5, 5.41) is 9.12. The van der Waals surface area contributed by atoms with Crippen molar-refractivity contribution in [1.82, 2.24) is 9.55 Å². The molecule has 4 aromatic rings. The lowest BCUT2D eigenvalue weighted by atomic mass is 9.98. The number of carboxylic acids is 1. The predicted molar refractivity (Wildman–Crippen MR) is 138 cm³/mol. The normalized spacial score (nSPS) is 14.6. The predicted octanol–water partition coefficient (Wildman–Crippen LogP) is 6.33. The minimum absolute atomic E-state index is 0.104. The van der Waals surface area contributed by atoms with Crippen molar-refractivity contribution in [2.24, 2.45) is 7.05 Å². The third-order valence-corrected chi connectivity index (χ3v) is 7.08. The fourth-order valence-electron chi connectivity index (χ4n) is 5.19. The summed E-state index contributed by atoms with van der Waals surface area (Å²) < 4.78 is 21.4. The molecular weight excluding hydrogens is 455 g/mol. The molecule has 3 aromatic carbocycles. The van der Waals surface area contributed by atoms with Crippen molar-refractivity contribution in [3.8, 4) is 28.3 Å². The van der Waals surface area contributed by atoms with Gasteiger partial charge in [0.2, 0.25) is 0 Å². The van der Waals surface area contributed by atoms with Crippen LogP contribution in [-0.4, -0.2) is 27.2 Å². The maximum atomic E-state index is 13.2.